The first kappa shape index (κ1) is 73.1. The summed E-state index contributed by atoms with van der Waals surface area (Å²) in [5.74, 6) is -1.54. The third kappa shape index (κ3) is 35.7. The second kappa shape index (κ2) is 49.4. The summed E-state index contributed by atoms with van der Waals surface area (Å²) in [5, 5.41) is 65.0. The molecule has 0 spiro atoms. The Labute approximate surface area is 478 Å². The molecule has 16 nitrogen and oxygen atoms in total. The van der Waals surface area contributed by atoms with Crippen LogP contribution in [0.2, 0.25) is 0 Å². The Morgan fingerprint density at radius 2 is 0.734 bits per heavy atom. The van der Waals surface area contributed by atoms with E-state index < -0.39 is 98.6 Å². The molecule has 0 bridgehead atoms. The standard InChI is InChI=1S/C63H118O16/c1-4-7-10-13-16-19-22-25-28-31-34-37-40-43-53(65)73-47-50(76-54(66)44-41-38-35-32-29-26-23-20-17-14-11-8-5-2)48-74-62-59(71)58(70)56(68)52(78-62)49-75-63-60(72)61(57(69)51(46-64)77-63)79-55(67)45-42-39-36-33-30-27-24-21-18-15-12-9-6-3/h50-52,56-64,68-72H,4-49H2,1-3H3/t50-,51-,52-,56-,57+,58+,59-,60-,61-,62-,63+/m1/s1. The van der Waals surface area contributed by atoms with Crippen molar-refractivity contribution in [2.24, 2.45) is 0 Å². The van der Waals surface area contributed by atoms with E-state index in [0.29, 0.717) is 19.3 Å². The third-order valence-corrected chi connectivity index (χ3v) is 15.8. The smallest absolute Gasteiger partial charge is 0.306 e. The van der Waals surface area contributed by atoms with E-state index in [2.05, 4.69) is 20.8 Å². The summed E-state index contributed by atoms with van der Waals surface area (Å²) in [6.45, 7) is 4.77. The summed E-state index contributed by atoms with van der Waals surface area (Å²) >= 11 is 0. The Balaban J connectivity index is 1.89. The lowest BCUT2D eigenvalue weighted by Crippen LogP contribution is -2.62. The van der Waals surface area contributed by atoms with Crippen molar-refractivity contribution in [1.82, 2.24) is 0 Å². The number of carbonyl (C=O) groups is 3. The summed E-state index contributed by atoms with van der Waals surface area (Å²) in [4.78, 5) is 38.9. The monoisotopic (exact) mass is 1130 g/mol. The van der Waals surface area contributed by atoms with Gasteiger partial charge in [-0.1, -0.05) is 252 Å². The SMILES string of the molecule is CCCCCCCCCCCCCCCC(=O)OC[C@H](CO[C@@H]1O[C@H](CO[C@H]2O[C@H](CO)[C@H](O)[C@@H](OC(=O)CCCCCCCCCCCCCCC)[C@H]2O)[C@@H](O)[C@H](O)[C@H]1O)OC(=O)CCCCCCCCCCCCCCC. The number of aliphatic hydroxyl groups excluding tert-OH is 6. The molecular weight excluding hydrogens is 1010 g/mol. The van der Waals surface area contributed by atoms with Crippen LogP contribution in [0.15, 0.2) is 0 Å². The van der Waals surface area contributed by atoms with Crippen LogP contribution < -0.4 is 0 Å². The average Bonchev–Trinajstić information content (AvgIpc) is 3.52. The fourth-order valence-electron chi connectivity index (χ4n) is 10.6. The molecule has 2 aliphatic heterocycles. The fraction of sp³-hybridized carbons (Fsp3) is 0.952. The molecule has 16 heteroatoms. The van der Waals surface area contributed by atoms with E-state index in [1.807, 2.05) is 0 Å². The highest BCUT2D eigenvalue weighted by molar-refractivity contribution is 5.70. The van der Waals surface area contributed by atoms with Crippen LogP contribution in [-0.2, 0) is 47.5 Å². The molecule has 2 rings (SSSR count). The number of carbonyl (C=O) groups excluding carboxylic acids is 3. The van der Waals surface area contributed by atoms with Gasteiger partial charge in [-0.25, -0.2) is 0 Å². The Hall–Kier alpha value is -1.99. The molecule has 466 valence electrons. The number of unbranched alkanes of at least 4 members (excludes halogenated alkanes) is 36. The normalized spacial score (nSPS) is 23.7. The zero-order valence-corrected chi connectivity index (χ0v) is 50.1. The lowest BCUT2D eigenvalue weighted by Gasteiger charge is -2.43. The number of aliphatic hydroxyl groups is 6. The first-order valence-electron chi connectivity index (χ1n) is 32.6. The second-order valence-corrected chi connectivity index (χ2v) is 23.1. The van der Waals surface area contributed by atoms with Crippen molar-refractivity contribution in [1.29, 1.82) is 0 Å². The van der Waals surface area contributed by atoms with E-state index in [-0.39, 0.29) is 32.5 Å². The lowest BCUT2D eigenvalue weighted by molar-refractivity contribution is -0.333. The van der Waals surface area contributed by atoms with Crippen LogP contribution in [0, 0.1) is 0 Å². The summed E-state index contributed by atoms with van der Waals surface area (Å²) in [6, 6.07) is 0. The van der Waals surface area contributed by atoms with Gasteiger partial charge < -0.3 is 63.8 Å². The molecule has 0 aliphatic carbocycles. The summed E-state index contributed by atoms with van der Waals surface area (Å²) in [7, 11) is 0. The Morgan fingerprint density at radius 1 is 0.380 bits per heavy atom. The van der Waals surface area contributed by atoms with Crippen LogP contribution in [0.3, 0.4) is 0 Å². The molecule has 0 aromatic heterocycles. The predicted octanol–water partition coefficient (Wildman–Crippen LogP) is 12.1. The van der Waals surface area contributed by atoms with Crippen molar-refractivity contribution in [3.05, 3.63) is 0 Å². The minimum Gasteiger partial charge on any atom is -0.462 e. The molecule has 2 aliphatic rings. The van der Waals surface area contributed by atoms with Crippen LogP contribution >= 0.6 is 0 Å². The molecule has 2 heterocycles. The van der Waals surface area contributed by atoms with Gasteiger partial charge in [0, 0.05) is 19.3 Å². The van der Waals surface area contributed by atoms with Crippen molar-refractivity contribution < 1.29 is 78.2 Å². The maximum Gasteiger partial charge on any atom is 0.306 e. The van der Waals surface area contributed by atoms with Crippen LogP contribution in [-0.4, -0.2) is 142 Å². The summed E-state index contributed by atoms with van der Waals surface area (Å²) in [6.07, 6.45) is 29.0. The molecular formula is C63H118O16. The highest BCUT2D eigenvalue weighted by atomic mass is 16.7. The molecule has 2 saturated heterocycles. The van der Waals surface area contributed by atoms with E-state index in [0.717, 1.165) is 64.2 Å². The van der Waals surface area contributed by atoms with Gasteiger partial charge in [0.05, 0.1) is 19.8 Å². The first-order valence-corrected chi connectivity index (χ1v) is 32.6. The molecule has 11 atom stereocenters. The van der Waals surface area contributed by atoms with Gasteiger partial charge in [-0.05, 0) is 19.3 Å². The van der Waals surface area contributed by atoms with Gasteiger partial charge in [-0.2, -0.15) is 0 Å². The number of hydrogen-bond donors (Lipinski definition) is 6. The van der Waals surface area contributed by atoms with Gasteiger partial charge in [-0.3, -0.25) is 14.4 Å². The Kier molecular flexibility index (Phi) is 45.8. The maximum absolute atomic E-state index is 13.1. The molecule has 0 aromatic rings. The number of rotatable bonds is 53. The molecule has 79 heavy (non-hydrogen) atoms. The van der Waals surface area contributed by atoms with E-state index in [1.165, 1.54) is 167 Å². The Bertz CT molecular complexity index is 1440. The zero-order valence-electron chi connectivity index (χ0n) is 50.1. The highest BCUT2D eigenvalue weighted by Gasteiger charge is 2.49. The zero-order chi connectivity index (χ0) is 57.6. The van der Waals surface area contributed by atoms with E-state index >= 15 is 0 Å². The predicted molar refractivity (Wildman–Crippen MR) is 308 cm³/mol. The van der Waals surface area contributed by atoms with Crippen LogP contribution in [0.5, 0.6) is 0 Å². The van der Waals surface area contributed by atoms with E-state index in [4.69, 9.17) is 33.2 Å². The van der Waals surface area contributed by atoms with Crippen molar-refractivity contribution in [2.75, 3.05) is 26.4 Å². The van der Waals surface area contributed by atoms with Crippen LogP contribution in [0.1, 0.15) is 290 Å². The van der Waals surface area contributed by atoms with Crippen LogP contribution in [0.4, 0.5) is 0 Å². The van der Waals surface area contributed by atoms with Crippen molar-refractivity contribution in [2.45, 2.75) is 358 Å². The van der Waals surface area contributed by atoms with Gasteiger partial charge in [-0.15, -0.1) is 0 Å². The molecule has 0 unspecified atom stereocenters. The number of hydrogen-bond acceptors (Lipinski definition) is 16. The number of ether oxygens (including phenoxy) is 7. The largest absolute Gasteiger partial charge is 0.462 e. The lowest BCUT2D eigenvalue weighted by atomic mass is 9.98. The molecule has 0 amide bonds. The van der Waals surface area contributed by atoms with Crippen LogP contribution in [0.25, 0.3) is 0 Å². The van der Waals surface area contributed by atoms with Gasteiger partial charge in [0.2, 0.25) is 0 Å². The third-order valence-electron chi connectivity index (χ3n) is 15.8. The summed E-state index contributed by atoms with van der Waals surface area (Å²) in [5.41, 5.74) is 0. The number of esters is 3. The summed E-state index contributed by atoms with van der Waals surface area (Å²) < 4.78 is 40.1. The van der Waals surface area contributed by atoms with Crippen molar-refractivity contribution >= 4 is 17.9 Å². The van der Waals surface area contributed by atoms with Gasteiger partial charge in [0.15, 0.2) is 24.8 Å². The van der Waals surface area contributed by atoms with E-state index in [9.17, 15) is 45.0 Å². The topological polar surface area (TPSA) is 237 Å². The fourth-order valence-corrected chi connectivity index (χ4v) is 10.6. The molecule has 0 aromatic carbocycles. The van der Waals surface area contributed by atoms with Gasteiger partial charge in [0.1, 0.15) is 49.3 Å². The first-order chi connectivity index (χ1) is 38.5. The molecule has 0 saturated carbocycles. The maximum atomic E-state index is 13.1. The Morgan fingerprint density at radius 3 is 1.14 bits per heavy atom. The van der Waals surface area contributed by atoms with Gasteiger partial charge >= 0.3 is 17.9 Å². The molecule has 2 fully saturated rings. The molecule has 0 radical (unpaired) electrons. The quantitative estimate of drug-likeness (QED) is 0.0189. The highest BCUT2D eigenvalue weighted by Crippen LogP contribution is 2.28. The molecule has 6 N–H and O–H groups in total. The minimum atomic E-state index is -1.79. The minimum absolute atomic E-state index is 0.0784. The van der Waals surface area contributed by atoms with Gasteiger partial charge in [0.25, 0.3) is 0 Å². The van der Waals surface area contributed by atoms with Crippen molar-refractivity contribution in [3.8, 4) is 0 Å². The van der Waals surface area contributed by atoms with E-state index in [1.54, 1.807) is 0 Å². The average molecular weight is 1130 g/mol. The van der Waals surface area contributed by atoms with Crippen molar-refractivity contribution in [3.63, 3.8) is 0 Å². The second-order valence-electron chi connectivity index (χ2n) is 23.1.